The molecule has 5 heteroatoms. The molecule has 0 unspecified atom stereocenters. The highest BCUT2D eigenvalue weighted by Gasteiger charge is 2.33. The van der Waals surface area contributed by atoms with Gasteiger partial charge >= 0.3 is 5.95 Å². The van der Waals surface area contributed by atoms with Crippen LogP contribution in [0.3, 0.4) is 0 Å². The summed E-state index contributed by atoms with van der Waals surface area (Å²) >= 11 is 0. The molecule has 3 heterocycles. The lowest BCUT2D eigenvalue weighted by Crippen LogP contribution is -2.34. The third-order valence-electron chi connectivity index (χ3n) is 4.41. The van der Waals surface area contributed by atoms with Crippen molar-refractivity contribution in [3.8, 4) is 17.4 Å². The van der Waals surface area contributed by atoms with Crippen molar-refractivity contribution in [2.75, 3.05) is 14.2 Å². The van der Waals surface area contributed by atoms with Gasteiger partial charge in [0.15, 0.2) is 5.52 Å². The summed E-state index contributed by atoms with van der Waals surface area (Å²) in [7, 11) is 3.41. The van der Waals surface area contributed by atoms with Gasteiger partial charge in [-0.25, -0.2) is 9.13 Å². The molecule has 0 aliphatic carbocycles. The second-order valence-electron chi connectivity index (χ2n) is 5.64. The number of aromatic nitrogens is 3. The molecular formula is C17H18N3O2+. The minimum atomic E-state index is 0.793. The number of nitrogens with zero attached hydrogens (tertiary/aromatic N) is 3. The summed E-state index contributed by atoms with van der Waals surface area (Å²) in [5, 5.41) is 0. The standard InChI is InChI=1S/C17H18N3O2/c1-10-8-19-15(11(2)16(10)22-4)9-20-14-7-12(21-3)5-6-13(14)18-17(19)20/h5-8H,9H2,1-4H3/q+1. The number of benzene rings is 1. The fourth-order valence-corrected chi connectivity index (χ4v) is 3.33. The maximum absolute atomic E-state index is 5.54. The summed E-state index contributed by atoms with van der Waals surface area (Å²) in [6, 6.07) is 5.99. The molecule has 4 rings (SSSR count). The summed E-state index contributed by atoms with van der Waals surface area (Å²) in [6.45, 7) is 4.96. The zero-order valence-corrected chi connectivity index (χ0v) is 13.2. The molecule has 1 aliphatic heterocycles. The molecular weight excluding hydrogens is 278 g/mol. The van der Waals surface area contributed by atoms with Gasteiger partial charge < -0.3 is 9.47 Å². The van der Waals surface area contributed by atoms with Gasteiger partial charge in [0.2, 0.25) is 0 Å². The van der Waals surface area contributed by atoms with E-state index in [1.807, 2.05) is 18.2 Å². The van der Waals surface area contributed by atoms with E-state index >= 15 is 0 Å². The van der Waals surface area contributed by atoms with Crippen molar-refractivity contribution in [1.29, 1.82) is 0 Å². The highest BCUT2D eigenvalue weighted by atomic mass is 16.5. The van der Waals surface area contributed by atoms with Gasteiger partial charge in [-0.3, -0.25) is 0 Å². The van der Waals surface area contributed by atoms with Gasteiger partial charge in [-0.15, -0.1) is 0 Å². The number of pyridine rings is 1. The van der Waals surface area contributed by atoms with Crippen molar-refractivity contribution in [2.45, 2.75) is 20.4 Å². The fraction of sp³-hybridized carbons (Fsp3) is 0.294. The van der Waals surface area contributed by atoms with Crippen LogP contribution in [0.5, 0.6) is 11.5 Å². The summed E-state index contributed by atoms with van der Waals surface area (Å²) in [5.41, 5.74) is 5.58. The first-order valence-electron chi connectivity index (χ1n) is 7.27. The number of aryl methyl sites for hydroxylation is 1. The van der Waals surface area contributed by atoms with Crippen LogP contribution in [-0.2, 0) is 6.54 Å². The van der Waals surface area contributed by atoms with Gasteiger partial charge in [-0.2, -0.15) is 0 Å². The fourth-order valence-electron chi connectivity index (χ4n) is 3.33. The summed E-state index contributed by atoms with van der Waals surface area (Å²) in [5.74, 6) is 2.76. The van der Waals surface area contributed by atoms with Crippen LogP contribution in [-0.4, -0.2) is 23.8 Å². The number of imidazole rings is 1. The summed E-state index contributed by atoms with van der Waals surface area (Å²) in [4.78, 5) is 4.78. The molecule has 0 spiro atoms. The smallest absolute Gasteiger partial charge is 0.405 e. The van der Waals surface area contributed by atoms with Gasteiger partial charge in [0.05, 0.1) is 20.4 Å². The van der Waals surface area contributed by atoms with Gasteiger partial charge in [-0.05, 0) is 26.0 Å². The van der Waals surface area contributed by atoms with E-state index in [1.165, 1.54) is 11.3 Å². The molecule has 0 N–H and O–H groups in total. The van der Waals surface area contributed by atoms with E-state index in [4.69, 9.17) is 14.5 Å². The SMILES string of the molecule is COc1ccc2nc3n(c2c1)Cc1c(C)c(OC)c(C)c[n+]1-3. The summed E-state index contributed by atoms with van der Waals surface area (Å²) in [6.07, 6.45) is 2.10. The Morgan fingerprint density at radius 3 is 2.73 bits per heavy atom. The van der Waals surface area contributed by atoms with Crippen LogP contribution < -0.4 is 14.0 Å². The Morgan fingerprint density at radius 1 is 1.18 bits per heavy atom. The van der Waals surface area contributed by atoms with Crippen LogP contribution in [0, 0.1) is 13.8 Å². The van der Waals surface area contributed by atoms with Gasteiger partial charge in [0.1, 0.15) is 29.3 Å². The Bertz CT molecular complexity index is 912. The van der Waals surface area contributed by atoms with Crippen molar-refractivity contribution in [3.63, 3.8) is 0 Å². The molecule has 3 aromatic rings. The van der Waals surface area contributed by atoms with Crippen LogP contribution in [0.1, 0.15) is 16.8 Å². The first-order chi connectivity index (χ1) is 10.6. The summed E-state index contributed by atoms with van der Waals surface area (Å²) < 4.78 is 15.3. The lowest BCUT2D eigenvalue weighted by molar-refractivity contribution is -0.603. The average Bonchev–Trinajstić information content (AvgIpc) is 3.04. The predicted molar refractivity (Wildman–Crippen MR) is 82.9 cm³/mol. The molecule has 0 fully saturated rings. The van der Waals surface area contributed by atoms with Gasteiger partial charge in [-0.1, -0.05) is 4.98 Å². The molecule has 1 aromatic carbocycles. The zero-order valence-electron chi connectivity index (χ0n) is 13.2. The van der Waals surface area contributed by atoms with E-state index < -0.39 is 0 Å². The Balaban J connectivity index is 1.99. The Morgan fingerprint density at radius 2 is 2.00 bits per heavy atom. The molecule has 0 bridgehead atoms. The van der Waals surface area contributed by atoms with Crippen molar-refractivity contribution < 1.29 is 14.0 Å². The quantitative estimate of drug-likeness (QED) is 0.533. The Labute approximate surface area is 128 Å². The van der Waals surface area contributed by atoms with Crippen LogP contribution in [0.2, 0.25) is 0 Å². The average molecular weight is 296 g/mol. The first-order valence-corrected chi connectivity index (χ1v) is 7.27. The normalized spacial score (nSPS) is 12.4. The Hall–Kier alpha value is -2.56. The monoisotopic (exact) mass is 296 g/mol. The van der Waals surface area contributed by atoms with E-state index in [2.05, 4.69) is 29.2 Å². The lowest BCUT2D eigenvalue weighted by atomic mass is 10.1. The maximum atomic E-state index is 5.54. The molecule has 0 atom stereocenters. The third-order valence-corrected chi connectivity index (χ3v) is 4.41. The number of fused-ring (bicyclic) bond motifs is 5. The van der Waals surface area contributed by atoms with Crippen LogP contribution in [0.25, 0.3) is 17.0 Å². The molecule has 0 saturated carbocycles. The van der Waals surface area contributed by atoms with E-state index in [9.17, 15) is 0 Å². The van der Waals surface area contributed by atoms with Crippen LogP contribution in [0.4, 0.5) is 0 Å². The number of methoxy groups -OCH3 is 2. The van der Waals surface area contributed by atoms with E-state index in [0.717, 1.165) is 40.6 Å². The predicted octanol–water partition coefficient (Wildman–Crippen LogP) is 2.31. The van der Waals surface area contributed by atoms with E-state index in [-0.39, 0.29) is 0 Å². The number of hydrogen-bond donors (Lipinski definition) is 0. The molecule has 0 saturated heterocycles. The molecule has 0 amide bonds. The maximum Gasteiger partial charge on any atom is 0.405 e. The Kier molecular flexibility index (Phi) is 2.66. The van der Waals surface area contributed by atoms with Crippen molar-refractivity contribution in [3.05, 3.63) is 41.2 Å². The largest absolute Gasteiger partial charge is 0.497 e. The number of hydrogen-bond acceptors (Lipinski definition) is 3. The van der Waals surface area contributed by atoms with Crippen molar-refractivity contribution >= 4 is 11.0 Å². The molecule has 22 heavy (non-hydrogen) atoms. The molecule has 5 nitrogen and oxygen atoms in total. The minimum Gasteiger partial charge on any atom is -0.497 e. The number of rotatable bonds is 2. The highest BCUT2D eigenvalue weighted by molar-refractivity contribution is 5.79. The third kappa shape index (κ3) is 1.59. The molecule has 0 radical (unpaired) electrons. The van der Waals surface area contributed by atoms with Crippen molar-refractivity contribution in [2.24, 2.45) is 0 Å². The zero-order chi connectivity index (χ0) is 15.4. The lowest BCUT2D eigenvalue weighted by Gasteiger charge is -2.10. The number of ether oxygens (including phenoxy) is 2. The topological polar surface area (TPSA) is 40.2 Å². The second kappa shape index (κ2) is 4.47. The molecule has 112 valence electrons. The van der Waals surface area contributed by atoms with Crippen LogP contribution in [0.15, 0.2) is 24.4 Å². The van der Waals surface area contributed by atoms with E-state index in [0.29, 0.717) is 0 Å². The van der Waals surface area contributed by atoms with Crippen molar-refractivity contribution in [1.82, 2.24) is 9.55 Å². The minimum absolute atomic E-state index is 0.793. The van der Waals surface area contributed by atoms with Gasteiger partial charge in [0, 0.05) is 17.2 Å². The van der Waals surface area contributed by atoms with Crippen LogP contribution >= 0.6 is 0 Å². The molecule has 2 aromatic heterocycles. The second-order valence-corrected chi connectivity index (χ2v) is 5.64. The van der Waals surface area contributed by atoms with Gasteiger partial charge in [0.25, 0.3) is 0 Å². The highest BCUT2D eigenvalue weighted by Crippen LogP contribution is 2.30. The van der Waals surface area contributed by atoms with E-state index in [1.54, 1.807) is 14.2 Å². The molecule has 1 aliphatic rings. The first kappa shape index (κ1) is 13.1.